The third kappa shape index (κ3) is 4.57. The van der Waals surface area contributed by atoms with Gasteiger partial charge < -0.3 is 14.6 Å². The number of benzene rings is 2. The molecule has 1 N–H and O–H groups in total. The summed E-state index contributed by atoms with van der Waals surface area (Å²) in [5, 5.41) is 2.77. The molecule has 150 valence electrons. The van der Waals surface area contributed by atoms with Crippen LogP contribution in [-0.2, 0) is 9.53 Å². The lowest BCUT2D eigenvalue weighted by Crippen LogP contribution is -2.30. The van der Waals surface area contributed by atoms with Gasteiger partial charge in [0.1, 0.15) is 0 Å². The van der Waals surface area contributed by atoms with E-state index in [1.807, 2.05) is 80.8 Å². The molecule has 0 bridgehead atoms. The highest BCUT2D eigenvalue weighted by Gasteiger charge is 2.23. The zero-order valence-corrected chi connectivity index (χ0v) is 17.4. The summed E-state index contributed by atoms with van der Waals surface area (Å²) in [6.07, 6.45) is -0.911. The predicted molar refractivity (Wildman–Crippen MR) is 115 cm³/mol. The van der Waals surface area contributed by atoms with Crippen molar-refractivity contribution in [3.8, 4) is 5.69 Å². The Hall–Kier alpha value is -3.34. The molecule has 0 aliphatic heterocycles. The smallest absolute Gasteiger partial charge is 0.340 e. The van der Waals surface area contributed by atoms with Crippen LogP contribution in [0.1, 0.15) is 39.8 Å². The van der Waals surface area contributed by atoms with Crippen molar-refractivity contribution in [3.05, 3.63) is 82.7 Å². The molecule has 5 nitrogen and oxygen atoms in total. The number of nitrogens with one attached hydrogen (secondary N) is 1. The number of amides is 1. The average Bonchev–Trinajstić information content (AvgIpc) is 2.98. The van der Waals surface area contributed by atoms with Gasteiger partial charge in [-0.25, -0.2) is 4.79 Å². The summed E-state index contributed by atoms with van der Waals surface area (Å²) in [7, 11) is 0. The van der Waals surface area contributed by atoms with Gasteiger partial charge in [-0.05, 0) is 65.0 Å². The summed E-state index contributed by atoms with van der Waals surface area (Å²) in [5.41, 5.74) is 6.09. The van der Waals surface area contributed by atoms with Crippen LogP contribution in [0.2, 0.25) is 0 Å². The number of rotatable bonds is 5. The van der Waals surface area contributed by atoms with Gasteiger partial charge in [-0.3, -0.25) is 4.79 Å². The van der Waals surface area contributed by atoms with Crippen molar-refractivity contribution in [2.75, 3.05) is 5.32 Å². The first-order chi connectivity index (χ1) is 13.8. The normalized spacial score (nSPS) is 11.8. The minimum atomic E-state index is -0.911. The number of ether oxygens (including phenoxy) is 1. The number of carbonyl (C=O) groups excluding carboxylic acids is 2. The molecule has 0 fully saturated rings. The van der Waals surface area contributed by atoms with Crippen LogP contribution in [0.3, 0.4) is 0 Å². The number of hydrogen-bond donors (Lipinski definition) is 1. The second-order valence-corrected chi connectivity index (χ2v) is 7.36. The molecule has 3 aromatic rings. The highest BCUT2D eigenvalue weighted by molar-refractivity contribution is 5.98. The van der Waals surface area contributed by atoms with Crippen molar-refractivity contribution in [3.63, 3.8) is 0 Å². The summed E-state index contributed by atoms with van der Waals surface area (Å²) >= 11 is 0. The van der Waals surface area contributed by atoms with Gasteiger partial charge in [-0.1, -0.05) is 35.4 Å². The summed E-state index contributed by atoms with van der Waals surface area (Å²) in [4.78, 5) is 25.1. The molecule has 29 heavy (non-hydrogen) atoms. The van der Waals surface area contributed by atoms with E-state index >= 15 is 0 Å². The summed E-state index contributed by atoms with van der Waals surface area (Å²) < 4.78 is 7.44. The second-order valence-electron chi connectivity index (χ2n) is 7.36. The lowest BCUT2D eigenvalue weighted by molar-refractivity contribution is -0.123. The van der Waals surface area contributed by atoms with Gasteiger partial charge >= 0.3 is 5.97 Å². The van der Waals surface area contributed by atoms with Crippen molar-refractivity contribution < 1.29 is 14.3 Å². The Bertz CT molecular complexity index is 1030. The maximum Gasteiger partial charge on any atom is 0.340 e. The zero-order valence-electron chi connectivity index (χ0n) is 17.4. The Morgan fingerprint density at radius 1 is 0.897 bits per heavy atom. The Morgan fingerprint density at radius 2 is 1.45 bits per heavy atom. The molecule has 0 spiro atoms. The number of esters is 1. The molecule has 5 heteroatoms. The molecule has 0 saturated carbocycles. The Kier molecular flexibility index (Phi) is 5.87. The minimum absolute atomic E-state index is 0.366. The van der Waals surface area contributed by atoms with Crippen molar-refractivity contribution in [1.82, 2.24) is 4.57 Å². The highest BCUT2D eigenvalue weighted by atomic mass is 16.5. The highest BCUT2D eigenvalue weighted by Crippen LogP contribution is 2.22. The fourth-order valence-electron chi connectivity index (χ4n) is 3.22. The average molecular weight is 390 g/mol. The van der Waals surface area contributed by atoms with Crippen molar-refractivity contribution >= 4 is 17.6 Å². The third-order valence-corrected chi connectivity index (χ3v) is 4.92. The fraction of sp³-hybridized carbons (Fsp3) is 0.250. The largest absolute Gasteiger partial charge is 0.449 e. The second kappa shape index (κ2) is 8.35. The van der Waals surface area contributed by atoms with E-state index in [9.17, 15) is 9.59 Å². The molecule has 1 amide bonds. The standard InChI is InChI=1S/C24H26N2O3/c1-15-6-10-20(11-7-15)25-23(27)19(5)29-24(28)22-14-17(3)26(18(22)4)21-12-8-16(2)9-13-21/h6-14,19H,1-5H3,(H,25,27)/t19-/m1/s1. The molecule has 1 aromatic heterocycles. The van der Waals surface area contributed by atoms with Crippen LogP contribution in [0.15, 0.2) is 54.6 Å². The van der Waals surface area contributed by atoms with Crippen molar-refractivity contribution in [2.45, 2.75) is 40.7 Å². The molecule has 2 aromatic carbocycles. The van der Waals surface area contributed by atoms with Crippen LogP contribution in [0.4, 0.5) is 5.69 Å². The van der Waals surface area contributed by atoms with E-state index in [0.717, 1.165) is 22.6 Å². The van der Waals surface area contributed by atoms with E-state index in [4.69, 9.17) is 4.74 Å². The first-order valence-electron chi connectivity index (χ1n) is 9.61. The van der Waals surface area contributed by atoms with E-state index in [0.29, 0.717) is 11.3 Å². The van der Waals surface area contributed by atoms with Gasteiger partial charge in [-0.2, -0.15) is 0 Å². The monoisotopic (exact) mass is 390 g/mol. The number of aryl methyl sites for hydroxylation is 3. The molecule has 1 heterocycles. The van der Waals surface area contributed by atoms with E-state index in [2.05, 4.69) is 5.32 Å². The Balaban J connectivity index is 1.73. The molecule has 0 unspecified atom stereocenters. The van der Waals surface area contributed by atoms with E-state index in [1.54, 1.807) is 13.0 Å². The van der Waals surface area contributed by atoms with Crippen LogP contribution >= 0.6 is 0 Å². The maximum atomic E-state index is 12.7. The first kappa shape index (κ1) is 20.4. The molecule has 0 aliphatic rings. The zero-order chi connectivity index (χ0) is 21.1. The molecule has 0 saturated heterocycles. The number of carbonyl (C=O) groups is 2. The molecular weight excluding hydrogens is 364 g/mol. The van der Waals surface area contributed by atoms with Crippen molar-refractivity contribution in [1.29, 1.82) is 0 Å². The van der Waals surface area contributed by atoms with Gasteiger partial charge in [-0.15, -0.1) is 0 Å². The van der Waals surface area contributed by atoms with Crippen LogP contribution in [0.5, 0.6) is 0 Å². The van der Waals surface area contributed by atoms with Crippen LogP contribution in [0.25, 0.3) is 5.69 Å². The number of aromatic nitrogens is 1. The number of nitrogens with zero attached hydrogens (tertiary/aromatic N) is 1. The molecule has 0 radical (unpaired) electrons. The SMILES string of the molecule is Cc1ccc(NC(=O)[C@@H](C)OC(=O)c2cc(C)n(-c3ccc(C)cc3)c2C)cc1. The molecule has 1 atom stereocenters. The van der Waals surface area contributed by atoms with Gasteiger partial charge in [0.15, 0.2) is 6.10 Å². The van der Waals surface area contributed by atoms with Crippen LogP contribution in [-0.4, -0.2) is 22.5 Å². The third-order valence-electron chi connectivity index (χ3n) is 4.92. The minimum Gasteiger partial charge on any atom is -0.449 e. The lowest BCUT2D eigenvalue weighted by atomic mass is 10.2. The maximum absolute atomic E-state index is 12.7. The summed E-state index contributed by atoms with van der Waals surface area (Å²) in [6, 6.07) is 17.3. The van der Waals surface area contributed by atoms with Gasteiger partial charge in [0.25, 0.3) is 5.91 Å². The van der Waals surface area contributed by atoms with Gasteiger partial charge in [0, 0.05) is 22.8 Å². The van der Waals surface area contributed by atoms with Crippen molar-refractivity contribution in [2.24, 2.45) is 0 Å². The number of anilines is 1. The van der Waals surface area contributed by atoms with Gasteiger partial charge in [0.2, 0.25) is 0 Å². The van der Waals surface area contributed by atoms with Gasteiger partial charge in [0.05, 0.1) is 5.56 Å². The fourth-order valence-corrected chi connectivity index (χ4v) is 3.22. The predicted octanol–water partition coefficient (Wildman–Crippen LogP) is 4.89. The molecule has 0 aliphatic carbocycles. The Labute approximate surface area is 171 Å². The quantitative estimate of drug-likeness (QED) is 0.631. The number of hydrogen-bond acceptors (Lipinski definition) is 3. The first-order valence-corrected chi connectivity index (χ1v) is 9.61. The molecular formula is C24H26N2O3. The molecule has 3 rings (SSSR count). The van der Waals surface area contributed by atoms with E-state index in [1.165, 1.54) is 5.56 Å². The topological polar surface area (TPSA) is 60.3 Å². The van der Waals surface area contributed by atoms with Crippen LogP contribution in [0, 0.1) is 27.7 Å². The summed E-state index contributed by atoms with van der Waals surface area (Å²) in [5.74, 6) is -0.877. The Morgan fingerprint density at radius 3 is 2.03 bits per heavy atom. The van der Waals surface area contributed by atoms with Crippen LogP contribution < -0.4 is 5.32 Å². The lowest BCUT2D eigenvalue weighted by Gasteiger charge is -2.14. The van der Waals surface area contributed by atoms with E-state index < -0.39 is 12.1 Å². The summed E-state index contributed by atoms with van der Waals surface area (Å²) in [6.45, 7) is 9.40. The van der Waals surface area contributed by atoms with E-state index in [-0.39, 0.29) is 5.91 Å².